The molecular formula is C8H10F3IN2O. The van der Waals surface area contributed by atoms with Crippen LogP contribution in [0.1, 0.15) is 6.42 Å². The SMILES string of the molecule is FC(F)(F)COCCCn1cc(I)cn1. The summed E-state index contributed by atoms with van der Waals surface area (Å²) < 4.78 is 42.1. The van der Waals surface area contributed by atoms with Crippen molar-refractivity contribution in [1.82, 2.24) is 9.78 Å². The first-order valence-electron chi connectivity index (χ1n) is 4.30. The fourth-order valence-corrected chi connectivity index (χ4v) is 1.42. The molecule has 0 saturated heterocycles. The van der Waals surface area contributed by atoms with Crippen LogP contribution in [0.15, 0.2) is 12.4 Å². The van der Waals surface area contributed by atoms with Crippen molar-refractivity contribution in [2.75, 3.05) is 13.2 Å². The summed E-state index contributed by atoms with van der Waals surface area (Å²) in [4.78, 5) is 0. The van der Waals surface area contributed by atoms with Gasteiger partial charge in [0, 0.05) is 19.3 Å². The molecule has 0 unspecified atom stereocenters. The van der Waals surface area contributed by atoms with Gasteiger partial charge in [-0.05, 0) is 29.0 Å². The van der Waals surface area contributed by atoms with Crippen LogP contribution in [0.3, 0.4) is 0 Å². The van der Waals surface area contributed by atoms with E-state index in [1.165, 1.54) is 0 Å². The first kappa shape index (κ1) is 12.8. The molecule has 0 aliphatic rings. The Bertz CT molecular complexity index is 300. The van der Waals surface area contributed by atoms with Gasteiger partial charge in [0.1, 0.15) is 6.61 Å². The monoisotopic (exact) mass is 334 g/mol. The maximum absolute atomic E-state index is 11.7. The molecule has 0 atom stereocenters. The predicted octanol–water partition coefficient (Wildman–Crippen LogP) is 2.46. The molecule has 0 aliphatic carbocycles. The van der Waals surface area contributed by atoms with Gasteiger partial charge in [-0.25, -0.2) is 0 Å². The summed E-state index contributed by atoms with van der Waals surface area (Å²) in [6.45, 7) is -0.513. The molecule has 0 fully saturated rings. The molecule has 0 saturated carbocycles. The van der Waals surface area contributed by atoms with Gasteiger partial charge in [0.2, 0.25) is 0 Å². The first-order chi connectivity index (χ1) is 6.97. The number of hydrogen-bond acceptors (Lipinski definition) is 2. The number of aromatic nitrogens is 2. The van der Waals surface area contributed by atoms with E-state index in [4.69, 9.17) is 0 Å². The fraction of sp³-hybridized carbons (Fsp3) is 0.625. The van der Waals surface area contributed by atoms with Gasteiger partial charge in [-0.15, -0.1) is 0 Å². The van der Waals surface area contributed by atoms with Crippen molar-refractivity contribution in [3.8, 4) is 0 Å². The van der Waals surface area contributed by atoms with Gasteiger partial charge in [-0.1, -0.05) is 0 Å². The topological polar surface area (TPSA) is 27.1 Å². The lowest BCUT2D eigenvalue weighted by Crippen LogP contribution is -2.17. The molecule has 0 aromatic carbocycles. The van der Waals surface area contributed by atoms with Gasteiger partial charge in [-0.2, -0.15) is 18.3 Å². The molecule has 7 heteroatoms. The van der Waals surface area contributed by atoms with Crippen molar-refractivity contribution in [3.05, 3.63) is 16.0 Å². The highest BCUT2D eigenvalue weighted by atomic mass is 127. The van der Waals surface area contributed by atoms with Crippen LogP contribution in [0.25, 0.3) is 0 Å². The highest BCUT2D eigenvalue weighted by Gasteiger charge is 2.27. The Labute approximate surface area is 98.7 Å². The van der Waals surface area contributed by atoms with Gasteiger partial charge in [0.15, 0.2) is 0 Å². The number of alkyl halides is 3. The third-order valence-electron chi connectivity index (χ3n) is 1.54. The number of halogens is 4. The van der Waals surface area contributed by atoms with Crippen LogP contribution in [0.4, 0.5) is 13.2 Å². The minimum atomic E-state index is -4.24. The van der Waals surface area contributed by atoms with Crippen LogP contribution >= 0.6 is 22.6 Å². The Kier molecular flexibility index (Phi) is 4.84. The van der Waals surface area contributed by atoms with E-state index in [0.717, 1.165) is 3.57 Å². The van der Waals surface area contributed by atoms with E-state index in [-0.39, 0.29) is 6.61 Å². The summed E-state index contributed by atoms with van der Waals surface area (Å²) in [5, 5.41) is 3.99. The first-order valence-corrected chi connectivity index (χ1v) is 5.38. The standard InChI is InChI=1S/C8H10F3IN2O/c9-8(10,11)6-15-3-1-2-14-5-7(12)4-13-14/h4-5H,1-3,6H2. The summed E-state index contributed by atoms with van der Waals surface area (Å²) in [7, 11) is 0. The molecule has 3 nitrogen and oxygen atoms in total. The van der Waals surface area contributed by atoms with E-state index in [2.05, 4.69) is 32.4 Å². The third-order valence-corrected chi connectivity index (χ3v) is 2.10. The number of rotatable bonds is 5. The second-order valence-corrected chi connectivity index (χ2v) is 4.19. The van der Waals surface area contributed by atoms with Crippen LogP contribution in [0, 0.1) is 3.57 Å². The Hall–Kier alpha value is -0.310. The molecule has 86 valence electrons. The lowest BCUT2D eigenvalue weighted by molar-refractivity contribution is -0.174. The van der Waals surface area contributed by atoms with Crippen molar-refractivity contribution < 1.29 is 17.9 Å². The highest BCUT2D eigenvalue weighted by molar-refractivity contribution is 14.1. The molecule has 0 amide bonds. The lowest BCUT2D eigenvalue weighted by atomic mass is 10.4. The zero-order valence-corrected chi connectivity index (χ0v) is 9.96. The van der Waals surface area contributed by atoms with Crippen LogP contribution in [0.5, 0.6) is 0 Å². The average molecular weight is 334 g/mol. The molecule has 0 spiro atoms. The van der Waals surface area contributed by atoms with Crippen LogP contribution < -0.4 is 0 Å². The van der Waals surface area contributed by atoms with Gasteiger partial charge < -0.3 is 4.74 Å². The summed E-state index contributed by atoms with van der Waals surface area (Å²) in [5.41, 5.74) is 0. The third kappa shape index (κ3) is 5.98. The Morgan fingerprint density at radius 2 is 2.20 bits per heavy atom. The Balaban J connectivity index is 2.07. The Morgan fingerprint density at radius 3 is 2.73 bits per heavy atom. The molecule has 15 heavy (non-hydrogen) atoms. The van der Waals surface area contributed by atoms with Crippen molar-refractivity contribution in [2.45, 2.75) is 19.1 Å². The predicted molar refractivity (Wildman–Crippen MR) is 56.4 cm³/mol. The van der Waals surface area contributed by atoms with E-state index in [1.807, 2.05) is 6.20 Å². The minimum Gasteiger partial charge on any atom is -0.372 e. The summed E-state index contributed by atoms with van der Waals surface area (Å²) in [6.07, 6.45) is -0.198. The van der Waals surface area contributed by atoms with E-state index in [0.29, 0.717) is 13.0 Å². The van der Waals surface area contributed by atoms with Crippen LogP contribution in [-0.4, -0.2) is 29.2 Å². The molecule has 0 radical (unpaired) electrons. The molecule has 1 heterocycles. The molecule has 0 bridgehead atoms. The molecule has 0 aliphatic heterocycles. The van der Waals surface area contributed by atoms with Crippen molar-refractivity contribution in [2.24, 2.45) is 0 Å². The molecule has 0 N–H and O–H groups in total. The van der Waals surface area contributed by atoms with E-state index in [9.17, 15) is 13.2 Å². The van der Waals surface area contributed by atoms with E-state index in [1.54, 1.807) is 10.9 Å². The second-order valence-electron chi connectivity index (χ2n) is 2.94. The quantitative estimate of drug-likeness (QED) is 0.611. The van der Waals surface area contributed by atoms with Crippen LogP contribution in [-0.2, 0) is 11.3 Å². The van der Waals surface area contributed by atoms with Gasteiger partial charge in [0.25, 0.3) is 0 Å². The summed E-state index contributed by atoms with van der Waals surface area (Å²) >= 11 is 2.12. The van der Waals surface area contributed by atoms with Gasteiger partial charge >= 0.3 is 6.18 Å². The number of nitrogens with zero attached hydrogens (tertiary/aromatic N) is 2. The van der Waals surface area contributed by atoms with Crippen molar-refractivity contribution >= 4 is 22.6 Å². The number of ether oxygens (including phenoxy) is 1. The van der Waals surface area contributed by atoms with Crippen LogP contribution in [0.2, 0.25) is 0 Å². The van der Waals surface area contributed by atoms with Gasteiger partial charge in [0.05, 0.1) is 9.77 Å². The van der Waals surface area contributed by atoms with Gasteiger partial charge in [-0.3, -0.25) is 4.68 Å². The zero-order chi connectivity index (χ0) is 11.3. The normalized spacial score (nSPS) is 12.0. The minimum absolute atomic E-state index is 0.0932. The molecular weight excluding hydrogens is 324 g/mol. The molecule has 1 aromatic rings. The highest BCUT2D eigenvalue weighted by Crippen LogP contribution is 2.14. The summed E-state index contributed by atoms with van der Waals surface area (Å²) in [5.74, 6) is 0. The second kappa shape index (κ2) is 5.69. The molecule has 1 rings (SSSR count). The molecule has 1 aromatic heterocycles. The zero-order valence-electron chi connectivity index (χ0n) is 7.80. The number of hydrogen-bond donors (Lipinski definition) is 0. The van der Waals surface area contributed by atoms with Crippen molar-refractivity contribution in [3.63, 3.8) is 0 Å². The maximum Gasteiger partial charge on any atom is 0.411 e. The van der Waals surface area contributed by atoms with E-state index < -0.39 is 12.8 Å². The smallest absolute Gasteiger partial charge is 0.372 e. The van der Waals surface area contributed by atoms with E-state index >= 15 is 0 Å². The average Bonchev–Trinajstić information content (AvgIpc) is 2.49. The Morgan fingerprint density at radius 1 is 1.47 bits per heavy atom. The largest absolute Gasteiger partial charge is 0.411 e. The fourth-order valence-electron chi connectivity index (χ4n) is 0.977. The summed E-state index contributed by atoms with van der Waals surface area (Å²) in [6, 6.07) is 0. The lowest BCUT2D eigenvalue weighted by Gasteiger charge is -2.07. The maximum atomic E-state index is 11.7. The van der Waals surface area contributed by atoms with Crippen molar-refractivity contribution in [1.29, 1.82) is 0 Å². The number of aryl methyl sites for hydroxylation is 1.